The lowest BCUT2D eigenvalue weighted by atomic mass is 10.2. The second-order valence-corrected chi connectivity index (χ2v) is 2.24. The smallest absolute Gasteiger partial charge is 0.130 e. The largest absolute Gasteiger partial charge is 0.349 e. The molecule has 0 aliphatic heterocycles. The molecule has 0 fully saturated rings. The van der Waals surface area contributed by atoms with Crippen LogP contribution < -0.4 is 0 Å². The van der Waals surface area contributed by atoms with Crippen molar-refractivity contribution in [2.75, 3.05) is 0 Å². The predicted molar refractivity (Wildman–Crippen MR) is 37.6 cm³/mol. The van der Waals surface area contributed by atoms with Crippen LogP contribution in [0.3, 0.4) is 0 Å². The van der Waals surface area contributed by atoms with Crippen molar-refractivity contribution >= 4 is 5.78 Å². The lowest BCUT2D eigenvalue weighted by molar-refractivity contribution is -0.117. The van der Waals surface area contributed by atoms with Gasteiger partial charge < -0.3 is 9.78 Å². The van der Waals surface area contributed by atoms with Gasteiger partial charge in [0.1, 0.15) is 11.6 Å². The number of carbonyl (C=O) groups excluding carboxylic acids is 1. The maximum absolute atomic E-state index is 10.5. The Morgan fingerprint density at radius 2 is 2.60 bits per heavy atom. The number of nitrogens with zero attached hydrogens (tertiary/aromatic N) is 1. The Balaban J connectivity index is 2.35. The molecule has 0 aliphatic carbocycles. The van der Waals surface area contributed by atoms with E-state index >= 15 is 0 Å². The maximum atomic E-state index is 10.5. The second-order valence-electron chi connectivity index (χ2n) is 2.24. The third kappa shape index (κ3) is 2.01. The number of hydrogen-bond donors (Lipinski definition) is 1. The fourth-order valence-electron chi connectivity index (χ4n) is 0.729. The number of carbonyl (C=O) groups is 1. The molecular formula is C7H10N2O. The molecule has 1 heterocycles. The molecule has 3 nitrogen and oxygen atoms in total. The number of aromatic nitrogens is 2. The summed E-state index contributed by atoms with van der Waals surface area (Å²) in [5.41, 5.74) is 0. The Hall–Kier alpha value is -1.12. The van der Waals surface area contributed by atoms with E-state index in [-0.39, 0.29) is 5.78 Å². The van der Waals surface area contributed by atoms with Crippen LogP contribution in [0.5, 0.6) is 0 Å². The van der Waals surface area contributed by atoms with Gasteiger partial charge in [0.05, 0.1) is 0 Å². The Morgan fingerprint density at radius 3 is 3.10 bits per heavy atom. The van der Waals surface area contributed by atoms with E-state index < -0.39 is 0 Å². The van der Waals surface area contributed by atoms with Crippen molar-refractivity contribution in [2.24, 2.45) is 0 Å². The topological polar surface area (TPSA) is 45.8 Å². The monoisotopic (exact) mass is 138 g/mol. The zero-order valence-corrected chi connectivity index (χ0v) is 5.92. The number of H-pyrrole nitrogens is 1. The van der Waals surface area contributed by atoms with Gasteiger partial charge in [0.25, 0.3) is 0 Å². The van der Waals surface area contributed by atoms with Crippen molar-refractivity contribution in [3.8, 4) is 0 Å². The summed E-state index contributed by atoms with van der Waals surface area (Å²) in [6.45, 7) is 1.59. The molecule has 0 saturated heterocycles. The average Bonchev–Trinajstić information content (AvgIpc) is 2.34. The summed E-state index contributed by atoms with van der Waals surface area (Å²) in [4.78, 5) is 17.4. The summed E-state index contributed by atoms with van der Waals surface area (Å²) in [7, 11) is 0. The molecule has 0 atom stereocenters. The molecule has 0 saturated carbocycles. The third-order valence-electron chi connectivity index (χ3n) is 1.27. The molecule has 1 aromatic heterocycles. The minimum atomic E-state index is 0.205. The molecule has 1 N–H and O–H groups in total. The summed E-state index contributed by atoms with van der Waals surface area (Å²) in [6, 6.07) is 0. The molecule has 0 bridgehead atoms. The van der Waals surface area contributed by atoms with Crippen molar-refractivity contribution in [2.45, 2.75) is 19.8 Å². The molecule has 0 amide bonds. The van der Waals surface area contributed by atoms with Gasteiger partial charge in [-0.05, 0) is 6.92 Å². The van der Waals surface area contributed by atoms with Crippen molar-refractivity contribution < 1.29 is 4.79 Å². The highest BCUT2D eigenvalue weighted by atomic mass is 16.1. The molecular weight excluding hydrogens is 128 g/mol. The zero-order chi connectivity index (χ0) is 7.40. The van der Waals surface area contributed by atoms with E-state index in [0.29, 0.717) is 6.42 Å². The van der Waals surface area contributed by atoms with Crippen LogP contribution in [0.4, 0.5) is 0 Å². The molecule has 54 valence electrons. The van der Waals surface area contributed by atoms with E-state index in [1.165, 1.54) is 0 Å². The predicted octanol–water partition coefficient (Wildman–Crippen LogP) is 0.931. The van der Waals surface area contributed by atoms with Gasteiger partial charge in [0.15, 0.2) is 0 Å². The highest BCUT2D eigenvalue weighted by Gasteiger charge is 1.96. The second kappa shape index (κ2) is 3.15. The molecule has 0 aromatic carbocycles. The molecule has 0 aliphatic rings. The van der Waals surface area contributed by atoms with Crippen LogP contribution in [0.15, 0.2) is 12.4 Å². The first kappa shape index (κ1) is 6.99. The summed E-state index contributed by atoms with van der Waals surface area (Å²) < 4.78 is 0. The van der Waals surface area contributed by atoms with E-state index in [1.807, 2.05) is 0 Å². The van der Waals surface area contributed by atoms with Crippen molar-refractivity contribution in [1.29, 1.82) is 0 Å². The van der Waals surface area contributed by atoms with Gasteiger partial charge >= 0.3 is 0 Å². The van der Waals surface area contributed by atoms with Crippen LogP contribution in [0.2, 0.25) is 0 Å². The fourth-order valence-corrected chi connectivity index (χ4v) is 0.729. The SMILES string of the molecule is CC(=O)CCc1ncc[nH]1. The van der Waals surface area contributed by atoms with Gasteiger partial charge in [-0.1, -0.05) is 0 Å². The number of hydrogen-bond acceptors (Lipinski definition) is 2. The normalized spacial score (nSPS) is 9.70. The third-order valence-corrected chi connectivity index (χ3v) is 1.27. The molecule has 10 heavy (non-hydrogen) atoms. The Labute approximate surface area is 59.5 Å². The standard InChI is InChI=1S/C7H10N2O/c1-6(10)2-3-7-8-4-5-9-7/h4-5H,2-3H2,1H3,(H,8,9). The van der Waals surface area contributed by atoms with E-state index in [4.69, 9.17) is 0 Å². The number of nitrogens with one attached hydrogen (secondary N) is 1. The van der Waals surface area contributed by atoms with Crippen LogP contribution in [-0.2, 0) is 11.2 Å². The van der Waals surface area contributed by atoms with Crippen LogP contribution >= 0.6 is 0 Å². The fraction of sp³-hybridized carbons (Fsp3) is 0.429. The van der Waals surface area contributed by atoms with Gasteiger partial charge in [0, 0.05) is 25.2 Å². The van der Waals surface area contributed by atoms with E-state index in [0.717, 1.165) is 12.2 Å². The minimum absolute atomic E-state index is 0.205. The summed E-state index contributed by atoms with van der Waals surface area (Å²) >= 11 is 0. The van der Waals surface area contributed by atoms with Crippen LogP contribution in [-0.4, -0.2) is 15.8 Å². The average molecular weight is 138 g/mol. The number of Topliss-reactive ketones (excluding diaryl/α,β-unsaturated/α-hetero) is 1. The number of imidazole rings is 1. The number of ketones is 1. The highest BCUT2D eigenvalue weighted by Crippen LogP contribution is 1.94. The van der Waals surface area contributed by atoms with Crippen molar-refractivity contribution in [3.63, 3.8) is 0 Å². The van der Waals surface area contributed by atoms with E-state index in [9.17, 15) is 4.79 Å². The first-order chi connectivity index (χ1) is 4.79. The molecule has 0 unspecified atom stereocenters. The first-order valence-electron chi connectivity index (χ1n) is 3.27. The Kier molecular flexibility index (Phi) is 2.20. The van der Waals surface area contributed by atoms with Gasteiger partial charge in [-0.25, -0.2) is 4.98 Å². The zero-order valence-electron chi connectivity index (χ0n) is 5.92. The van der Waals surface area contributed by atoms with Crippen LogP contribution in [0, 0.1) is 0 Å². The maximum Gasteiger partial charge on any atom is 0.130 e. The molecule has 1 aromatic rings. The number of aryl methyl sites for hydroxylation is 1. The summed E-state index contributed by atoms with van der Waals surface area (Å²) in [5, 5.41) is 0. The van der Waals surface area contributed by atoms with Crippen molar-refractivity contribution in [1.82, 2.24) is 9.97 Å². The number of rotatable bonds is 3. The van der Waals surface area contributed by atoms with E-state index in [2.05, 4.69) is 9.97 Å². The van der Waals surface area contributed by atoms with Crippen LogP contribution in [0.25, 0.3) is 0 Å². The molecule has 1 rings (SSSR count). The Bertz CT molecular complexity index is 203. The summed E-state index contributed by atoms with van der Waals surface area (Å²) in [5.74, 6) is 1.09. The van der Waals surface area contributed by atoms with Crippen LogP contribution in [0.1, 0.15) is 19.2 Å². The van der Waals surface area contributed by atoms with Gasteiger partial charge in [-0.2, -0.15) is 0 Å². The lowest BCUT2D eigenvalue weighted by Crippen LogP contribution is -1.95. The number of aromatic amines is 1. The quantitative estimate of drug-likeness (QED) is 0.675. The van der Waals surface area contributed by atoms with Gasteiger partial charge in [0.2, 0.25) is 0 Å². The lowest BCUT2D eigenvalue weighted by Gasteiger charge is -1.90. The van der Waals surface area contributed by atoms with Gasteiger partial charge in [-0.3, -0.25) is 0 Å². The molecule has 3 heteroatoms. The highest BCUT2D eigenvalue weighted by molar-refractivity contribution is 5.75. The summed E-state index contributed by atoms with van der Waals surface area (Å²) in [6.07, 6.45) is 4.75. The first-order valence-corrected chi connectivity index (χ1v) is 3.27. The molecule has 0 spiro atoms. The van der Waals surface area contributed by atoms with Crippen molar-refractivity contribution in [3.05, 3.63) is 18.2 Å². The minimum Gasteiger partial charge on any atom is -0.349 e. The Morgan fingerprint density at radius 1 is 1.80 bits per heavy atom. The van der Waals surface area contributed by atoms with E-state index in [1.54, 1.807) is 19.3 Å². The van der Waals surface area contributed by atoms with Gasteiger partial charge in [-0.15, -0.1) is 0 Å². The molecule has 0 radical (unpaired) electrons.